The Morgan fingerprint density at radius 1 is 1.00 bits per heavy atom. The molecule has 0 radical (unpaired) electrons. The van der Waals surface area contributed by atoms with Crippen molar-refractivity contribution in [2.45, 2.75) is 33.3 Å². The second kappa shape index (κ2) is 6.92. The van der Waals surface area contributed by atoms with Crippen LogP contribution in [0, 0.1) is 0 Å². The van der Waals surface area contributed by atoms with Crippen LogP contribution >= 0.6 is 0 Å². The molecular formula is C16H28N2O. The summed E-state index contributed by atoms with van der Waals surface area (Å²) in [4.78, 5) is 4.52. The van der Waals surface area contributed by atoms with Crippen LogP contribution < -0.4 is 4.90 Å². The van der Waals surface area contributed by atoms with Gasteiger partial charge in [-0.3, -0.25) is 4.90 Å². The molecule has 1 fully saturated rings. The van der Waals surface area contributed by atoms with E-state index in [4.69, 9.17) is 4.74 Å². The maximum absolute atomic E-state index is 5.99. The summed E-state index contributed by atoms with van der Waals surface area (Å²) in [6.07, 6.45) is 0. The third-order valence-corrected chi connectivity index (χ3v) is 3.39. The van der Waals surface area contributed by atoms with Crippen molar-refractivity contribution >= 4 is 5.69 Å². The Kier molecular flexibility index (Phi) is 5.83. The van der Waals surface area contributed by atoms with Crippen LogP contribution in [0.2, 0.25) is 0 Å². The molecule has 1 saturated heterocycles. The molecule has 1 atom stereocenters. The van der Waals surface area contributed by atoms with Crippen molar-refractivity contribution in [1.82, 2.24) is 4.90 Å². The molecule has 3 heteroatoms. The highest BCUT2D eigenvalue weighted by atomic mass is 16.5. The average molecular weight is 264 g/mol. The SMILES string of the molecule is CC.CC.CN1COC2(C1)CN(C)c1ccccc12. The Balaban J connectivity index is 0.000000415. The van der Waals surface area contributed by atoms with Gasteiger partial charge in [0.25, 0.3) is 0 Å². The van der Waals surface area contributed by atoms with Crippen molar-refractivity contribution in [2.24, 2.45) is 0 Å². The zero-order valence-corrected chi connectivity index (χ0v) is 13.2. The maximum atomic E-state index is 5.99. The molecule has 0 bridgehead atoms. The molecule has 3 rings (SSSR count). The number of nitrogens with zero attached hydrogens (tertiary/aromatic N) is 2. The molecular weight excluding hydrogens is 236 g/mol. The topological polar surface area (TPSA) is 15.7 Å². The van der Waals surface area contributed by atoms with Crippen LogP contribution in [-0.2, 0) is 10.3 Å². The normalized spacial score (nSPS) is 24.4. The van der Waals surface area contributed by atoms with Gasteiger partial charge in [-0.1, -0.05) is 45.9 Å². The van der Waals surface area contributed by atoms with E-state index in [0.29, 0.717) is 0 Å². The Hall–Kier alpha value is -1.06. The van der Waals surface area contributed by atoms with Crippen LogP contribution in [0.1, 0.15) is 33.3 Å². The molecule has 2 heterocycles. The van der Waals surface area contributed by atoms with Crippen LogP contribution in [0.5, 0.6) is 0 Å². The van der Waals surface area contributed by atoms with Crippen molar-refractivity contribution in [3.63, 3.8) is 0 Å². The molecule has 3 nitrogen and oxygen atoms in total. The molecule has 1 spiro atoms. The minimum atomic E-state index is -0.0832. The first-order valence-electron chi connectivity index (χ1n) is 7.34. The second-order valence-corrected chi connectivity index (χ2v) is 4.66. The minimum Gasteiger partial charge on any atom is -0.371 e. The van der Waals surface area contributed by atoms with Crippen LogP contribution in [0.4, 0.5) is 5.69 Å². The van der Waals surface area contributed by atoms with Gasteiger partial charge in [-0.25, -0.2) is 0 Å². The summed E-state index contributed by atoms with van der Waals surface area (Å²) in [5.74, 6) is 0. The van der Waals surface area contributed by atoms with Gasteiger partial charge in [-0.2, -0.15) is 0 Å². The minimum absolute atomic E-state index is 0.0832. The number of hydrogen-bond donors (Lipinski definition) is 0. The third kappa shape index (κ3) is 2.93. The summed E-state index contributed by atoms with van der Waals surface area (Å²) < 4.78 is 5.99. The van der Waals surface area contributed by atoms with E-state index >= 15 is 0 Å². The molecule has 19 heavy (non-hydrogen) atoms. The molecule has 0 aromatic heterocycles. The van der Waals surface area contributed by atoms with Crippen LogP contribution in [0.15, 0.2) is 24.3 Å². The van der Waals surface area contributed by atoms with E-state index in [1.807, 2.05) is 27.7 Å². The summed E-state index contributed by atoms with van der Waals surface area (Å²) in [7, 11) is 4.24. The summed E-state index contributed by atoms with van der Waals surface area (Å²) >= 11 is 0. The van der Waals surface area contributed by atoms with E-state index in [2.05, 4.69) is 48.2 Å². The van der Waals surface area contributed by atoms with E-state index in [-0.39, 0.29) is 5.60 Å². The Bertz CT molecular complexity index is 394. The first kappa shape index (κ1) is 16.0. The third-order valence-electron chi connectivity index (χ3n) is 3.39. The molecule has 2 aliphatic heterocycles. The van der Waals surface area contributed by atoms with Gasteiger partial charge in [0.05, 0.1) is 6.54 Å². The summed E-state index contributed by atoms with van der Waals surface area (Å²) in [6.45, 7) is 10.7. The molecule has 0 amide bonds. The highest BCUT2D eigenvalue weighted by Crippen LogP contribution is 2.43. The van der Waals surface area contributed by atoms with Gasteiger partial charge in [-0.15, -0.1) is 0 Å². The van der Waals surface area contributed by atoms with E-state index < -0.39 is 0 Å². The van der Waals surface area contributed by atoms with Crippen molar-refractivity contribution < 1.29 is 4.74 Å². The fourth-order valence-electron chi connectivity index (χ4n) is 2.76. The zero-order chi connectivity index (χ0) is 14.5. The lowest BCUT2D eigenvalue weighted by atomic mass is 9.96. The molecule has 0 N–H and O–H groups in total. The van der Waals surface area contributed by atoms with Crippen LogP contribution in [-0.4, -0.2) is 38.8 Å². The van der Waals surface area contributed by atoms with E-state index in [1.165, 1.54) is 11.3 Å². The number of ether oxygens (including phenoxy) is 1. The predicted molar refractivity (Wildman–Crippen MR) is 82.7 cm³/mol. The second-order valence-electron chi connectivity index (χ2n) is 4.66. The van der Waals surface area contributed by atoms with Crippen molar-refractivity contribution in [3.8, 4) is 0 Å². The Morgan fingerprint density at radius 3 is 2.21 bits per heavy atom. The summed E-state index contributed by atoms with van der Waals surface area (Å²) in [6, 6.07) is 8.55. The fraction of sp³-hybridized carbons (Fsp3) is 0.625. The molecule has 2 aliphatic rings. The first-order valence-corrected chi connectivity index (χ1v) is 7.34. The molecule has 0 saturated carbocycles. The predicted octanol–water partition coefficient (Wildman–Crippen LogP) is 3.30. The lowest BCUT2D eigenvalue weighted by Crippen LogP contribution is -2.35. The van der Waals surface area contributed by atoms with Crippen molar-refractivity contribution in [3.05, 3.63) is 29.8 Å². The van der Waals surface area contributed by atoms with Gasteiger partial charge in [0.15, 0.2) is 0 Å². The highest BCUT2D eigenvalue weighted by Gasteiger charge is 2.46. The van der Waals surface area contributed by atoms with Crippen molar-refractivity contribution in [2.75, 3.05) is 38.8 Å². The lowest BCUT2D eigenvalue weighted by Gasteiger charge is -2.22. The van der Waals surface area contributed by atoms with Gasteiger partial charge in [0, 0.05) is 24.8 Å². The number of hydrogen-bond acceptors (Lipinski definition) is 3. The highest BCUT2D eigenvalue weighted by molar-refractivity contribution is 5.61. The standard InChI is InChI=1S/C12H16N2O.2C2H6/c1-13-7-12(15-9-13)8-14(2)11-6-4-3-5-10(11)12;2*1-2/h3-6H,7-9H2,1-2H3;2*1-2H3. The summed E-state index contributed by atoms with van der Waals surface area (Å²) in [5, 5.41) is 0. The van der Waals surface area contributed by atoms with Gasteiger partial charge in [0.2, 0.25) is 0 Å². The first-order chi connectivity index (χ1) is 9.21. The van der Waals surface area contributed by atoms with Crippen molar-refractivity contribution in [1.29, 1.82) is 0 Å². The molecule has 1 aromatic carbocycles. The number of rotatable bonds is 0. The Labute approximate surface area is 118 Å². The quantitative estimate of drug-likeness (QED) is 0.715. The van der Waals surface area contributed by atoms with Gasteiger partial charge >= 0.3 is 0 Å². The average Bonchev–Trinajstić information content (AvgIpc) is 2.97. The Morgan fingerprint density at radius 2 is 1.63 bits per heavy atom. The van der Waals surface area contributed by atoms with E-state index in [0.717, 1.165) is 19.8 Å². The number of benzene rings is 1. The molecule has 1 unspecified atom stereocenters. The monoisotopic (exact) mass is 264 g/mol. The van der Waals surface area contributed by atoms with Crippen LogP contribution in [0.3, 0.4) is 0 Å². The molecule has 0 aliphatic carbocycles. The van der Waals surface area contributed by atoms with Gasteiger partial charge in [0.1, 0.15) is 12.3 Å². The number of para-hydroxylation sites is 1. The number of anilines is 1. The fourth-order valence-corrected chi connectivity index (χ4v) is 2.76. The smallest absolute Gasteiger partial charge is 0.127 e. The molecule has 108 valence electrons. The van der Waals surface area contributed by atoms with E-state index in [9.17, 15) is 0 Å². The maximum Gasteiger partial charge on any atom is 0.127 e. The van der Waals surface area contributed by atoms with Gasteiger partial charge in [-0.05, 0) is 13.1 Å². The lowest BCUT2D eigenvalue weighted by molar-refractivity contribution is 0.0153. The number of fused-ring (bicyclic) bond motifs is 2. The van der Waals surface area contributed by atoms with Gasteiger partial charge < -0.3 is 9.64 Å². The molecule has 1 aromatic rings. The van der Waals surface area contributed by atoms with Crippen LogP contribution in [0.25, 0.3) is 0 Å². The summed E-state index contributed by atoms with van der Waals surface area (Å²) in [5.41, 5.74) is 2.57. The largest absolute Gasteiger partial charge is 0.371 e. The number of likely N-dealkylation sites (N-methyl/N-ethyl adjacent to an activating group) is 2. The van der Waals surface area contributed by atoms with E-state index in [1.54, 1.807) is 0 Å². The zero-order valence-electron chi connectivity index (χ0n) is 13.2.